The van der Waals surface area contributed by atoms with E-state index in [0.29, 0.717) is 5.82 Å². The number of hydrogen-bond donors (Lipinski definition) is 1. The van der Waals surface area contributed by atoms with Gasteiger partial charge < -0.3 is 19.0 Å². The van der Waals surface area contributed by atoms with Crippen LogP contribution in [0.4, 0.5) is 13.2 Å². The van der Waals surface area contributed by atoms with Crippen molar-refractivity contribution < 1.29 is 27.1 Å². The van der Waals surface area contributed by atoms with E-state index in [-0.39, 0.29) is 30.5 Å². The van der Waals surface area contributed by atoms with Crippen molar-refractivity contribution in [1.29, 1.82) is 0 Å². The second-order valence-electron chi connectivity index (χ2n) is 5.58. The van der Waals surface area contributed by atoms with Crippen LogP contribution in [0.2, 0.25) is 0 Å². The average molecular weight is 380 g/mol. The Balaban J connectivity index is 1.56. The van der Waals surface area contributed by atoms with Crippen LogP contribution >= 0.6 is 0 Å². The number of alkyl halides is 3. The van der Waals surface area contributed by atoms with Gasteiger partial charge in [-0.1, -0.05) is 6.07 Å². The number of benzene rings is 1. The summed E-state index contributed by atoms with van der Waals surface area (Å²) in [5.41, 5.74) is -0.784. The lowest BCUT2D eigenvalue weighted by Gasteiger charge is -2.09. The fourth-order valence-electron chi connectivity index (χ4n) is 2.21. The van der Waals surface area contributed by atoms with Gasteiger partial charge in [-0.2, -0.15) is 13.2 Å². The molecule has 0 spiro atoms. The Labute approximate surface area is 151 Å². The number of nitrogens with zero attached hydrogens (tertiary/aromatic N) is 3. The van der Waals surface area contributed by atoms with Crippen LogP contribution in [0.5, 0.6) is 5.75 Å². The van der Waals surface area contributed by atoms with Crippen molar-refractivity contribution in [2.45, 2.75) is 19.3 Å². The quantitative estimate of drug-likeness (QED) is 0.711. The zero-order valence-corrected chi connectivity index (χ0v) is 14.2. The molecule has 0 unspecified atom stereocenters. The summed E-state index contributed by atoms with van der Waals surface area (Å²) in [6, 6.07) is 4.45. The molecule has 1 amide bonds. The molecule has 2 heterocycles. The van der Waals surface area contributed by atoms with E-state index in [1.165, 1.54) is 12.1 Å². The number of hydrogen-bond acceptors (Lipinski definition) is 5. The van der Waals surface area contributed by atoms with Gasteiger partial charge in [0, 0.05) is 19.4 Å². The summed E-state index contributed by atoms with van der Waals surface area (Å²) in [7, 11) is 1.80. The van der Waals surface area contributed by atoms with Gasteiger partial charge in [-0.15, -0.1) is 0 Å². The highest BCUT2D eigenvalue weighted by molar-refractivity contribution is 5.91. The molecule has 0 aliphatic carbocycles. The number of imidazole rings is 1. The SMILES string of the molecule is Cn1ccnc1CNC(=O)c1coc(COc2cccc(C(F)(F)F)c2)n1. The Morgan fingerprint density at radius 2 is 2.19 bits per heavy atom. The predicted molar refractivity (Wildman–Crippen MR) is 86.7 cm³/mol. The van der Waals surface area contributed by atoms with Gasteiger partial charge in [0.1, 0.15) is 17.8 Å². The van der Waals surface area contributed by atoms with Crippen LogP contribution in [0.1, 0.15) is 27.8 Å². The van der Waals surface area contributed by atoms with E-state index in [1.807, 2.05) is 0 Å². The number of aromatic nitrogens is 3. The van der Waals surface area contributed by atoms with E-state index >= 15 is 0 Å². The predicted octanol–water partition coefficient (Wildman–Crippen LogP) is 2.94. The van der Waals surface area contributed by atoms with Gasteiger partial charge >= 0.3 is 6.18 Å². The molecule has 0 fully saturated rings. The van der Waals surface area contributed by atoms with E-state index in [2.05, 4.69) is 15.3 Å². The maximum absolute atomic E-state index is 12.7. The molecule has 3 rings (SSSR count). The van der Waals surface area contributed by atoms with Crippen molar-refractivity contribution >= 4 is 5.91 Å². The van der Waals surface area contributed by atoms with Crippen molar-refractivity contribution in [2.24, 2.45) is 7.05 Å². The topological polar surface area (TPSA) is 82.2 Å². The molecule has 0 aliphatic rings. The summed E-state index contributed by atoms with van der Waals surface area (Å²) in [4.78, 5) is 20.1. The third-order valence-electron chi connectivity index (χ3n) is 3.64. The minimum absolute atomic E-state index is 0.0174. The molecule has 0 bridgehead atoms. The standard InChI is InChI=1S/C17H15F3N4O3/c1-24-6-5-21-14(24)8-22-16(25)13-9-27-15(23-13)10-26-12-4-2-3-11(7-12)17(18,19)20/h2-7,9H,8,10H2,1H3,(H,22,25). The van der Waals surface area contributed by atoms with Crippen LogP contribution in [0.3, 0.4) is 0 Å². The van der Waals surface area contributed by atoms with Gasteiger partial charge in [0.2, 0.25) is 5.89 Å². The Bertz CT molecular complexity index is 933. The highest BCUT2D eigenvalue weighted by atomic mass is 19.4. The summed E-state index contributed by atoms with van der Waals surface area (Å²) in [5, 5.41) is 2.64. The van der Waals surface area contributed by atoms with E-state index in [0.717, 1.165) is 18.4 Å². The molecule has 0 radical (unpaired) electrons. The van der Waals surface area contributed by atoms with Gasteiger partial charge in [0.15, 0.2) is 12.3 Å². The summed E-state index contributed by atoms with van der Waals surface area (Å²) in [5.74, 6) is 0.283. The number of oxazole rings is 1. The molecule has 7 nitrogen and oxygen atoms in total. The summed E-state index contributed by atoms with van der Waals surface area (Å²) < 4.78 is 50.2. The molecule has 3 aromatic rings. The Morgan fingerprint density at radius 1 is 1.37 bits per heavy atom. The smallest absolute Gasteiger partial charge is 0.416 e. The maximum atomic E-state index is 12.7. The Morgan fingerprint density at radius 3 is 2.89 bits per heavy atom. The number of rotatable bonds is 6. The van der Waals surface area contributed by atoms with Gasteiger partial charge in [0.25, 0.3) is 5.91 Å². The van der Waals surface area contributed by atoms with E-state index in [1.54, 1.807) is 24.0 Å². The highest BCUT2D eigenvalue weighted by Gasteiger charge is 2.30. The lowest BCUT2D eigenvalue weighted by atomic mass is 10.2. The lowest BCUT2D eigenvalue weighted by Crippen LogP contribution is -2.24. The molecule has 2 aromatic heterocycles. The summed E-state index contributed by atoms with van der Waals surface area (Å²) >= 11 is 0. The van der Waals surface area contributed by atoms with Crippen molar-refractivity contribution in [1.82, 2.24) is 19.9 Å². The molecule has 142 valence electrons. The first-order valence-electron chi connectivity index (χ1n) is 7.82. The molecular formula is C17H15F3N4O3. The molecule has 0 aliphatic heterocycles. The first-order valence-corrected chi connectivity index (χ1v) is 7.82. The second-order valence-corrected chi connectivity index (χ2v) is 5.58. The molecule has 0 atom stereocenters. The molecular weight excluding hydrogens is 365 g/mol. The van der Waals surface area contributed by atoms with E-state index in [9.17, 15) is 18.0 Å². The highest BCUT2D eigenvalue weighted by Crippen LogP contribution is 2.31. The number of carbonyl (C=O) groups is 1. The van der Waals surface area contributed by atoms with Gasteiger partial charge in [-0.05, 0) is 18.2 Å². The minimum atomic E-state index is -4.46. The molecule has 10 heteroatoms. The van der Waals surface area contributed by atoms with Crippen LogP contribution in [0.25, 0.3) is 0 Å². The number of nitrogens with one attached hydrogen (secondary N) is 1. The Hall–Kier alpha value is -3.30. The summed E-state index contributed by atoms with van der Waals surface area (Å²) in [6.07, 6.45) is 0.0565. The van der Waals surface area contributed by atoms with Gasteiger partial charge in [-0.3, -0.25) is 4.79 Å². The Kier molecular flexibility index (Phi) is 5.15. The molecule has 27 heavy (non-hydrogen) atoms. The zero-order chi connectivity index (χ0) is 19.4. The number of ether oxygens (including phenoxy) is 1. The van der Waals surface area contributed by atoms with Crippen molar-refractivity contribution in [3.05, 3.63) is 65.9 Å². The zero-order valence-electron chi connectivity index (χ0n) is 14.2. The van der Waals surface area contributed by atoms with Crippen molar-refractivity contribution in [3.63, 3.8) is 0 Å². The molecule has 0 saturated carbocycles. The molecule has 0 saturated heterocycles. The molecule has 1 aromatic carbocycles. The van der Waals surface area contributed by atoms with Crippen LogP contribution in [0.15, 0.2) is 47.3 Å². The van der Waals surface area contributed by atoms with Gasteiger partial charge in [-0.25, -0.2) is 9.97 Å². The number of carbonyl (C=O) groups excluding carboxylic acids is 1. The third-order valence-corrected chi connectivity index (χ3v) is 3.64. The third kappa shape index (κ3) is 4.66. The first kappa shape index (κ1) is 18.5. The van der Waals surface area contributed by atoms with E-state index in [4.69, 9.17) is 9.15 Å². The average Bonchev–Trinajstić information content (AvgIpc) is 3.26. The van der Waals surface area contributed by atoms with Crippen LogP contribution in [-0.2, 0) is 26.4 Å². The lowest BCUT2D eigenvalue weighted by molar-refractivity contribution is -0.137. The molecule has 1 N–H and O–H groups in total. The van der Waals surface area contributed by atoms with Crippen LogP contribution < -0.4 is 10.1 Å². The number of halogens is 3. The normalized spacial score (nSPS) is 11.4. The van der Waals surface area contributed by atoms with Crippen molar-refractivity contribution in [3.8, 4) is 5.75 Å². The largest absolute Gasteiger partial charge is 0.484 e. The van der Waals surface area contributed by atoms with Crippen LogP contribution in [0, 0.1) is 0 Å². The minimum Gasteiger partial charge on any atom is -0.484 e. The number of amides is 1. The van der Waals surface area contributed by atoms with E-state index < -0.39 is 17.6 Å². The fraction of sp³-hybridized carbons (Fsp3) is 0.235. The fourth-order valence-corrected chi connectivity index (χ4v) is 2.21. The maximum Gasteiger partial charge on any atom is 0.416 e. The van der Waals surface area contributed by atoms with Gasteiger partial charge in [0.05, 0.1) is 12.1 Å². The first-order chi connectivity index (χ1) is 12.8. The summed E-state index contributed by atoms with van der Waals surface area (Å²) in [6.45, 7) is -0.000776. The number of aryl methyl sites for hydroxylation is 1. The van der Waals surface area contributed by atoms with Crippen molar-refractivity contribution in [2.75, 3.05) is 0 Å². The monoisotopic (exact) mass is 380 g/mol. The second kappa shape index (κ2) is 7.52. The van der Waals surface area contributed by atoms with Crippen LogP contribution in [-0.4, -0.2) is 20.4 Å².